The predicted molar refractivity (Wildman–Crippen MR) is 98.9 cm³/mol. The minimum absolute atomic E-state index is 0.0768. The van der Waals surface area contributed by atoms with Crippen molar-refractivity contribution in [3.05, 3.63) is 24.3 Å². The van der Waals surface area contributed by atoms with E-state index in [1.807, 2.05) is 12.2 Å². The van der Waals surface area contributed by atoms with Gasteiger partial charge < -0.3 is 9.53 Å². The van der Waals surface area contributed by atoms with Crippen LogP contribution in [0, 0.1) is 11.8 Å². The van der Waals surface area contributed by atoms with Gasteiger partial charge in [-0.05, 0) is 31.0 Å². The fourth-order valence-electron chi connectivity index (χ4n) is 2.62. The first kappa shape index (κ1) is 20.3. The first-order valence-corrected chi connectivity index (χ1v) is 11.7. The molecule has 3 nitrogen and oxygen atoms in total. The van der Waals surface area contributed by atoms with Crippen molar-refractivity contribution in [3.8, 4) is 0 Å². The van der Waals surface area contributed by atoms with E-state index in [2.05, 4.69) is 52.9 Å². The maximum atomic E-state index is 12.1. The molecule has 0 heterocycles. The summed E-state index contributed by atoms with van der Waals surface area (Å²) in [6.07, 6.45) is 9.56. The summed E-state index contributed by atoms with van der Waals surface area (Å²) < 4.78 is 6.12. The van der Waals surface area contributed by atoms with Gasteiger partial charge in [0, 0.05) is 18.3 Å². The van der Waals surface area contributed by atoms with Crippen LogP contribution in [0.5, 0.6) is 0 Å². The van der Waals surface area contributed by atoms with Gasteiger partial charge in [0.15, 0.2) is 8.32 Å². The second-order valence-electron chi connectivity index (χ2n) is 8.04. The number of aliphatic hydroxyl groups is 1. The summed E-state index contributed by atoms with van der Waals surface area (Å²) in [5, 5.41) is 10.3. The van der Waals surface area contributed by atoms with Gasteiger partial charge >= 0.3 is 0 Å². The van der Waals surface area contributed by atoms with Crippen molar-refractivity contribution in [2.45, 2.75) is 71.2 Å². The molecule has 0 spiro atoms. The molecule has 0 unspecified atom stereocenters. The standard InChI is InChI=1S/C19H34O3Si/c1-7-8-9-11-15-16(18(21)14-17(15)20)12-10-13-22-23(5,6)19(2,3)4/h8-10,12,15-16,18,21H,7,11,13-14H2,1-6H3/b9-8-,12-10+/t15-,16-,18-/m1/s1. The first-order valence-electron chi connectivity index (χ1n) is 8.76. The Bertz CT molecular complexity index is 446. The number of allylic oxidation sites excluding steroid dienone is 2. The van der Waals surface area contributed by atoms with Crippen LogP contribution < -0.4 is 0 Å². The van der Waals surface area contributed by atoms with Crippen LogP contribution in [-0.2, 0) is 9.22 Å². The van der Waals surface area contributed by atoms with E-state index in [1.54, 1.807) is 0 Å². The molecule has 1 saturated carbocycles. The largest absolute Gasteiger partial charge is 0.413 e. The Labute approximate surface area is 142 Å². The summed E-state index contributed by atoms with van der Waals surface area (Å²) in [7, 11) is -1.75. The van der Waals surface area contributed by atoms with Gasteiger partial charge in [-0.15, -0.1) is 0 Å². The third-order valence-electron chi connectivity index (χ3n) is 5.23. The lowest BCUT2D eigenvalue weighted by Gasteiger charge is -2.35. The molecule has 0 amide bonds. The molecule has 0 saturated heterocycles. The van der Waals surface area contributed by atoms with Crippen LogP contribution in [0.4, 0.5) is 0 Å². The van der Waals surface area contributed by atoms with Crippen LogP contribution in [0.1, 0.15) is 47.0 Å². The van der Waals surface area contributed by atoms with E-state index in [0.29, 0.717) is 6.61 Å². The molecule has 1 N–H and O–H groups in total. The molecule has 1 aliphatic carbocycles. The molecule has 0 bridgehead atoms. The molecule has 0 aromatic heterocycles. The van der Waals surface area contributed by atoms with Crippen molar-refractivity contribution in [2.75, 3.05) is 6.61 Å². The van der Waals surface area contributed by atoms with E-state index in [0.717, 1.165) is 12.8 Å². The lowest BCUT2D eigenvalue weighted by Crippen LogP contribution is -2.40. The molecule has 23 heavy (non-hydrogen) atoms. The van der Waals surface area contributed by atoms with Crippen LogP contribution in [0.2, 0.25) is 18.1 Å². The molecule has 1 aliphatic rings. The number of hydrogen-bond acceptors (Lipinski definition) is 3. The van der Waals surface area contributed by atoms with E-state index in [9.17, 15) is 9.90 Å². The SMILES string of the molecule is CC/C=C\C[C@H]1C(=O)C[C@@H](O)[C@@H]1/C=C/CO[Si](C)(C)C(C)(C)C. The number of hydrogen-bond donors (Lipinski definition) is 1. The quantitative estimate of drug-likeness (QED) is 0.549. The molecule has 1 rings (SSSR count). The molecule has 0 radical (unpaired) electrons. The Balaban J connectivity index is 2.62. The van der Waals surface area contributed by atoms with Gasteiger partial charge in [0.25, 0.3) is 0 Å². The zero-order chi connectivity index (χ0) is 17.7. The first-order chi connectivity index (χ1) is 10.6. The molecular weight excluding hydrogens is 304 g/mol. The van der Waals surface area contributed by atoms with Gasteiger partial charge in [-0.25, -0.2) is 0 Å². The lowest BCUT2D eigenvalue weighted by molar-refractivity contribution is -0.121. The third kappa shape index (κ3) is 5.70. The van der Waals surface area contributed by atoms with Crippen molar-refractivity contribution in [1.82, 2.24) is 0 Å². The fourth-order valence-corrected chi connectivity index (χ4v) is 3.57. The maximum Gasteiger partial charge on any atom is 0.192 e. The average molecular weight is 339 g/mol. The summed E-state index contributed by atoms with van der Waals surface area (Å²) in [5.41, 5.74) is 0. The highest BCUT2D eigenvalue weighted by atomic mass is 28.4. The second-order valence-corrected chi connectivity index (χ2v) is 12.8. The monoisotopic (exact) mass is 338 g/mol. The van der Waals surface area contributed by atoms with E-state index < -0.39 is 14.4 Å². The van der Waals surface area contributed by atoms with Crippen LogP contribution in [0.25, 0.3) is 0 Å². The minimum atomic E-state index is -1.75. The van der Waals surface area contributed by atoms with Crippen LogP contribution in [0.15, 0.2) is 24.3 Å². The Morgan fingerprint density at radius 1 is 1.26 bits per heavy atom. The molecule has 1 fully saturated rings. The Morgan fingerprint density at radius 3 is 2.48 bits per heavy atom. The number of rotatable bonds is 7. The van der Waals surface area contributed by atoms with Crippen molar-refractivity contribution >= 4 is 14.1 Å². The van der Waals surface area contributed by atoms with Crippen molar-refractivity contribution in [2.24, 2.45) is 11.8 Å². The van der Waals surface area contributed by atoms with Crippen molar-refractivity contribution in [1.29, 1.82) is 0 Å². The van der Waals surface area contributed by atoms with Crippen LogP contribution in [-0.4, -0.2) is 31.9 Å². The second kappa shape index (κ2) is 8.40. The van der Waals surface area contributed by atoms with Gasteiger partial charge in [-0.2, -0.15) is 0 Å². The van der Waals surface area contributed by atoms with Crippen molar-refractivity contribution in [3.63, 3.8) is 0 Å². The normalized spacial score (nSPS) is 26.7. The van der Waals surface area contributed by atoms with Gasteiger partial charge in [-0.1, -0.05) is 52.0 Å². The van der Waals surface area contributed by atoms with Crippen molar-refractivity contribution < 1.29 is 14.3 Å². The highest BCUT2D eigenvalue weighted by Crippen LogP contribution is 2.37. The molecule has 132 valence electrons. The predicted octanol–water partition coefficient (Wildman–Crippen LogP) is 4.49. The van der Waals surface area contributed by atoms with Gasteiger partial charge in [0.1, 0.15) is 5.78 Å². The Morgan fingerprint density at radius 2 is 1.91 bits per heavy atom. The van der Waals surface area contributed by atoms with Gasteiger partial charge in [-0.3, -0.25) is 4.79 Å². The Kier molecular flexibility index (Phi) is 7.43. The number of ketones is 1. The zero-order valence-corrected chi connectivity index (χ0v) is 16.6. The van der Waals surface area contributed by atoms with E-state index in [-0.39, 0.29) is 29.1 Å². The summed E-state index contributed by atoms with van der Waals surface area (Å²) in [6.45, 7) is 13.8. The number of Topliss-reactive ketones (excluding diaryl/α,β-unsaturated/α-hetero) is 1. The van der Waals surface area contributed by atoms with Crippen LogP contribution in [0.3, 0.4) is 0 Å². The maximum absolute atomic E-state index is 12.1. The van der Waals surface area contributed by atoms with Gasteiger partial charge in [0.2, 0.25) is 0 Å². The van der Waals surface area contributed by atoms with E-state index >= 15 is 0 Å². The molecule has 0 aromatic carbocycles. The number of carbonyl (C=O) groups excluding carboxylic acids is 1. The van der Waals surface area contributed by atoms with E-state index in [4.69, 9.17) is 4.43 Å². The number of carbonyl (C=O) groups is 1. The molecular formula is C19H34O3Si. The summed E-state index contributed by atoms with van der Waals surface area (Å²) >= 11 is 0. The summed E-state index contributed by atoms with van der Waals surface area (Å²) in [4.78, 5) is 12.1. The third-order valence-corrected chi connectivity index (χ3v) is 9.73. The summed E-state index contributed by atoms with van der Waals surface area (Å²) in [6, 6.07) is 0. The molecule has 3 atom stereocenters. The smallest absolute Gasteiger partial charge is 0.192 e. The topological polar surface area (TPSA) is 46.5 Å². The highest BCUT2D eigenvalue weighted by Gasteiger charge is 2.39. The zero-order valence-electron chi connectivity index (χ0n) is 15.6. The highest BCUT2D eigenvalue weighted by molar-refractivity contribution is 6.74. The Hall–Kier alpha value is -0.713. The lowest BCUT2D eigenvalue weighted by atomic mass is 9.90. The molecule has 0 aromatic rings. The fraction of sp³-hybridized carbons (Fsp3) is 0.737. The average Bonchev–Trinajstić information content (AvgIpc) is 2.68. The molecule has 0 aliphatic heterocycles. The number of aliphatic hydroxyl groups excluding tert-OH is 1. The minimum Gasteiger partial charge on any atom is -0.413 e. The van der Waals surface area contributed by atoms with Crippen LogP contribution >= 0.6 is 0 Å². The van der Waals surface area contributed by atoms with Gasteiger partial charge in [0.05, 0.1) is 12.7 Å². The summed E-state index contributed by atoms with van der Waals surface area (Å²) in [5.74, 6) is 0.0159. The van der Waals surface area contributed by atoms with E-state index in [1.165, 1.54) is 0 Å². The molecule has 4 heteroatoms.